The smallest absolute Gasteiger partial charge is 0.233 e. The van der Waals surface area contributed by atoms with E-state index >= 15 is 0 Å². The van der Waals surface area contributed by atoms with E-state index in [4.69, 9.17) is 4.42 Å². The third-order valence-electron chi connectivity index (χ3n) is 5.48. The number of carbonyl (C=O) groups excluding carboxylic acids is 4. The Morgan fingerprint density at radius 2 is 0.788 bits per heavy atom. The van der Waals surface area contributed by atoms with Crippen LogP contribution in [0.15, 0.2) is 101 Å². The number of benzene rings is 4. The van der Waals surface area contributed by atoms with Crippen molar-refractivity contribution in [3.05, 3.63) is 119 Å². The van der Waals surface area contributed by atoms with E-state index in [9.17, 15) is 19.2 Å². The molecule has 1 heterocycles. The van der Waals surface area contributed by atoms with Crippen LogP contribution in [0.5, 0.6) is 0 Å². The van der Waals surface area contributed by atoms with Crippen molar-refractivity contribution in [3.63, 3.8) is 0 Å². The van der Waals surface area contributed by atoms with Crippen molar-refractivity contribution in [2.24, 2.45) is 0 Å². The second-order valence-corrected chi connectivity index (χ2v) is 7.57. The number of hydrogen-bond acceptors (Lipinski definition) is 5. The highest BCUT2D eigenvalue weighted by Gasteiger charge is 2.22. The normalized spacial score (nSPS) is 10.9. The van der Waals surface area contributed by atoms with E-state index in [-0.39, 0.29) is 11.1 Å². The van der Waals surface area contributed by atoms with Gasteiger partial charge in [-0.15, -0.1) is 0 Å². The molecule has 0 spiro atoms. The third kappa shape index (κ3) is 3.66. The van der Waals surface area contributed by atoms with Gasteiger partial charge in [0, 0.05) is 33.0 Å². The minimum Gasteiger partial charge on any atom is -0.456 e. The molecule has 0 saturated carbocycles. The number of ketones is 4. The van der Waals surface area contributed by atoms with Crippen LogP contribution in [0, 0.1) is 0 Å². The van der Waals surface area contributed by atoms with Gasteiger partial charge in [0.05, 0.1) is 0 Å². The lowest BCUT2D eigenvalue weighted by Gasteiger charge is -2.02. The molecule has 0 amide bonds. The highest BCUT2D eigenvalue weighted by Crippen LogP contribution is 2.31. The van der Waals surface area contributed by atoms with Crippen molar-refractivity contribution in [1.29, 1.82) is 0 Å². The average molecular weight is 432 g/mol. The summed E-state index contributed by atoms with van der Waals surface area (Å²) in [5, 5.41) is 1.16. The largest absolute Gasteiger partial charge is 0.456 e. The molecule has 33 heavy (non-hydrogen) atoms. The Bertz CT molecular complexity index is 1440. The zero-order chi connectivity index (χ0) is 22.9. The van der Waals surface area contributed by atoms with Crippen LogP contribution in [0.2, 0.25) is 0 Å². The molecule has 0 atom stereocenters. The highest BCUT2D eigenvalue weighted by molar-refractivity contribution is 6.50. The fraction of sp³-hybridized carbons (Fsp3) is 0. The van der Waals surface area contributed by atoms with Crippen LogP contribution in [0.1, 0.15) is 41.4 Å². The van der Waals surface area contributed by atoms with Crippen LogP contribution in [-0.4, -0.2) is 23.1 Å². The molecule has 1 aromatic heterocycles. The quantitative estimate of drug-likeness (QED) is 0.253. The van der Waals surface area contributed by atoms with Crippen LogP contribution in [0.3, 0.4) is 0 Å². The van der Waals surface area contributed by atoms with Crippen molar-refractivity contribution < 1.29 is 23.6 Å². The Kier molecular flexibility index (Phi) is 4.99. The summed E-state index contributed by atoms with van der Waals surface area (Å²) >= 11 is 0. The number of carbonyl (C=O) groups is 4. The molecule has 0 aliphatic heterocycles. The zero-order valence-corrected chi connectivity index (χ0v) is 17.3. The summed E-state index contributed by atoms with van der Waals surface area (Å²) in [6.07, 6.45) is 0. The first-order valence-electron chi connectivity index (χ1n) is 10.3. The van der Waals surface area contributed by atoms with Gasteiger partial charge in [0.1, 0.15) is 11.2 Å². The van der Waals surface area contributed by atoms with E-state index in [1.807, 2.05) is 0 Å². The molecule has 0 unspecified atom stereocenters. The lowest BCUT2D eigenvalue weighted by atomic mass is 9.98. The number of fused-ring (bicyclic) bond motifs is 3. The fourth-order valence-electron chi connectivity index (χ4n) is 3.76. The molecular formula is C28H16O5. The third-order valence-corrected chi connectivity index (χ3v) is 5.48. The molecule has 0 bridgehead atoms. The van der Waals surface area contributed by atoms with Gasteiger partial charge in [-0.1, -0.05) is 60.7 Å². The van der Waals surface area contributed by atoms with E-state index in [0.29, 0.717) is 33.1 Å². The maximum atomic E-state index is 12.8. The van der Waals surface area contributed by atoms with Gasteiger partial charge in [-0.2, -0.15) is 0 Å². The lowest BCUT2D eigenvalue weighted by molar-refractivity contribution is 0.0817. The van der Waals surface area contributed by atoms with E-state index in [2.05, 4.69) is 0 Å². The molecule has 0 radical (unpaired) electrons. The minimum atomic E-state index is -0.635. The first kappa shape index (κ1) is 20.3. The van der Waals surface area contributed by atoms with Crippen molar-refractivity contribution in [3.8, 4) is 0 Å². The molecule has 0 N–H and O–H groups in total. The van der Waals surface area contributed by atoms with E-state index in [1.54, 1.807) is 97.1 Å². The molecule has 0 aliphatic carbocycles. The van der Waals surface area contributed by atoms with E-state index < -0.39 is 23.1 Å². The van der Waals surface area contributed by atoms with Crippen molar-refractivity contribution >= 4 is 45.1 Å². The van der Waals surface area contributed by atoms with E-state index in [1.165, 1.54) is 0 Å². The summed E-state index contributed by atoms with van der Waals surface area (Å²) in [5.41, 5.74) is 2.08. The topological polar surface area (TPSA) is 81.4 Å². The van der Waals surface area contributed by atoms with Crippen LogP contribution in [0.4, 0.5) is 0 Å². The van der Waals surface area contributed by atoms with Gasteiger partial charge >= 0.3 is 0 Å². The Morgan fingerprint density at radius 1 is 0.424 bits per heavy atom. The van der Waals surface area contributed by atoms with Crippen molar-refractivity contribution in [2.45, 2.75) is 0 Å². The molecule has 0 saturated heterocycles. The van der Waals surface area contributed by atoms with Crippen LogP contribution >= 0.6 is 0 Å². The molecule has 5 heteroatoms. The summed E-state index contributed by atoms with van der Waals surface area (Å²) < 4.78 is 5.82. The van der Waals surface area contributed by atoms with Gasteiger partial charge in [-0.3, -0.25) is 19.2 Å². The number of hydrogen-bond donors (Lipinski definition) is 0. The second-order valence-electron chi connectivity index (χ2n) is 7.57. The first-order chi connectivity index (χ1) is 16.0. The van der Waals surface area contributed by atoms with Crippen molar-refractivity contribution in [1.82, 2.24) is 0 Å². The van der Waals surface area contributed by atoms with Crippen molar-refractivity contribution in [2.75, 3.05) is 0 Å². The molecule has 4 aromatic carbocycles. The first-order valence-corrected chi connectivity index (χ1v) is 10.3. The Labute approximate surface area is 188 Å². The summed E-state index contributed by atoms with van der Waals surface area (Å²) in [7, 11) is 0. The second kappa shape index (κ2) is 8.13. The van der Waals surface area contributed by atoms with Gasteiger partial charge < -0.3 is 4.42 Å². The zero-order valence-electron chi connectivity index (χ0n) is 17.3. The number of furan rings is 1. The SMILES string of the molecule is O=C(C(=O)c1ccc2oc3ccc(C(=O)C(=O)c4ccccc4)cc3c2c1)c1ccccc1. The van der Waals surface area contributed by atoms with Gasteiger partial charge in [0.15, 0.2) is 0 Å². The van der Waals surface area contributed by atoms with Gasteiger partial charge in [-0.05, 0) is 36.4 Å². The number of rotatable bonds is 6. The maximum absolute atomic E-state index is 12.8. The summed E-state index contributed by atoms with van der Waals surface area (Å²) in [6.45, 7) is 0. The summed E-state index contributed by atoms with van der Waals surface area (Å²) in [6, 6.07) is 26.2. The molecule has 0 fully saturated rings. The van der Waals surface area contributed by atoms with Crippen LogP contribution < -0.4 is 0 Å². The molecular weight excluding hydrogens is 416 g/mol. The van der Waals surface area contributed by atoms with Gasteiger partial charge in [-0.25, -0.2) is 0 Å². The maximum Gasteiger partial charge on any atom is 0.233 e. The Hall–Kier alpha value is -4.64. The summed E-state index contributed by atoms with van der Waals surface area (Å²) in [4.78, 5) is 50.7. The molecule has 5 rings (SSSR count). The monoisotopic (exact) mass is 432 g/mol. The average Bonchev–Trinajstić information content (AvgIpc) is 3.25. The molecule has 158 valence electrons. The minimum absolute atomic E-state index is 0.219. The van der Waals surface area contributed by atoms with Gasteiger partial charge in [0.25, 0.3) is 0 Å². The van der Waals surface area contributed by atoms with Gasteiger partial charge in [0.2, 0.25) is 23.1 Å². The van der Waals surface area contributed by atoms with E-state index in [0.717, 1.165) is 0 Å². The van der Waals surface area contributed by atoms with Crippen LogP contribution in [-0.2, 0) is 0 Å². The predicted octanol–water partition coefficient (Wildman–Crippen LogP) is 5.72. The fourth-order valence-corrected chi connectivity index (χ4v) is 3.76. The molecule has 5 nitrogen and oxygen atoms in total. The molecule has 5 aromatic rings. The lowest BCUT2D eigenvalue weighted by Crippen LogP contribution is -2.14. The standard InChI is InChI=1S/C28H16O5/c29-25(17-7-3-1-4-8-17)27(31)19-11-13-23-21(15-19)22-16-20(12-14-24(22)33-23)28(32)26(30)18-9-5-2-6-10-18/h1-16H. The predicted molar refractivity (Wildman–Crippen MR) is 124 cm³/mol. The Morgan fingerprint density at radius 3 is 1.18 bits per heavy atom. The highest BCUT2D eigenvalue weighted by atomic mass is 16.3. The van der Waals surface area contributed by atoms with Crippen LogP contribution in [0.25, 0.3) is 21.9 Å². The number of Topliss-reactive ketones (excluding diaryl/α,β-unsaturated/α-hetero) is 4. The Balaban J connectivity index is 1.54. The molecule has 0 aliphatic rings. The summed E-state index contributed by atoms with van der Waals surface area (Å²) in [5.74, 6) is -2.48.